The zero-order chi connectivity index (χ0) is 14.0. The summed E-state index contributed by atoms with van der Waals surface area (Å²) < 4.78 is 5.74. The third-order valence-corrected chi connectivity index (χ3v) is 4.03. The quantitative estimate of drug-likeness (QED) is 0.892. The maximum atomic E-state index is 11.3. The Morgan fingerprint density at radius 3 is 2.95 bits per heavy atom. The first kappa shape index (κ1) is 13.8. The monoisotopic (exact) mass is 263 g/mol. The highest BCUT2D eigenvalue weighted by Crippen LogP contribution is 2.32. The largest absolute Gasteiger partial charge is 0.489 e. The van der Waals surface area contributed by atoms with Crippen molar-refractivity contribution in [2.75, 3.05) is 13.7 Å². The van der Waals surface area contributed by atoms with E-state index >= 15 is 0 Å². The Balaban J connectivity index is 2.02. The SMILES string of the molecule is CN1C(COc2cccnc2C(N)=O)CCC1(C)C. The smallest absolute Gasteiger partial charge is 0.271 e. The van der Waals surface area contributed by atoms with E-state index in [-0.39, 0.29) is 11.2 Å². The number of likely N-dealkylation sites (N-methyl/N-ethyl adjacent to an activating group) is 1. The summed E-state index contributed by atoms with van der Waals surface area (Å²) in [5.41, 5.74) is 5.68. The molecule has 1 atom stereocenters. The fraction of sp³-hybridized carbons (Fsp3) is 0.571. The third kappa shape index (κ3) is 2.87. The molecule has 0 saturated carbocycles. The molecule has 1 aromatic heterocycles. The zero-order valence-electron chi connectivity index (χ0n) is 11.7. The van der Waals surface area contributed by atoms with Gasteiger partial charge in [-0.2, -0.15) is 0 Å². The minimum absolute atomic E-state index is 0.197. The second kappa shape index (κ2) is 5.17. The van der Waals surface area contributed by atoms with E-state index in [0.717, 1.165) is 12.8 Å². The van der Waals surface area contributed by atoms with E-state index in [1.807, 2.05) is 0 Å². The molecule has 1 unspecified atom stereocenters. The van der Waals surface area contributed by atoms with Crippen LogP contribution in [0, 0.1) is 0 Å². The molecule has 104 valence electrons. The Hall–Kier alpha value is -1.62. The van der Waals surface area contributed by atoms with Gasteiger partial charge in [0.1, 0.15) is 6.61 Å². The van der Waals surface area contributed by atoms with Crippen LogP contribution in [0.1, 0.15) is 37.2 Å². The van der Waals surface area contributed by atoms with Crippen LogP contribution in [0.3, 0.4) is 0 Å². The van der Waals surface area contributed by atoms with Gasteiger partial charge in [0.2, 0.25) is 0 Å². The lowest BCUT2D eigenvalue weighted by molar-refractivity contribution is 0.0983. The van der Waals surface area contributed by atoms with Crippen molar-refractivity contribution in [2.45, 2.75) is 38.3 Å². The van der Waals surface area contributed by atoms with Crippen LogP contribution in [0.4, 0.5) is 0 Å². The van der Waals surface area contributed by atoms with Crippen molar-refractivity contribution in [3.05, 3.63) is 24.0 Å². The maximum absolute atomic E-state index is 11.3. The molecule has 1 aliphatic heterocycles. The van der Waals surface area contributed by atoms with Crippen LogP contribution in [-0.2, 0) is 0 Å². The third-order valence-electron chi connectivity index (χ3n) is 4.03. The van der Waals surface area contributed by atoms with Crippen LogP contribution < -0.4 is 10.5 Å². The molecular formula is C14H21N3O2. The van der Waals surface area contributed by atoms with Crippen molar-refractivity contribution in [1.82, 2.24) is 9.88 Å². The molecule has 2 heterocycles. The summed E-state index contributed by atoms with van der Waals surface area (Å²) in [5.74, 6) is -0.0937. The standard InChI is InChI=1S/C14H21N3O2/c1-14(2)7-6-10(17(14)3)9-19-11-5-4-8-16-12(11)13(15)18/h4-5,8,10H,6-7,9H2,1-3H3,(H2,15,18). The first-order valence-electron chi connectivity index (χ1n) is 6.52. The number of carbonyl (C=O) groups excluding carboxylic acids is 1. The van der Waals surface area contributed by atoms with Crippen molar-refractivity contribution in [1.29, 1.82) is 0 Å². The van der Waals surface area contributed by atoms with E-state index in [4.69, 9.17) is 10.5 Å². The number of carbonyl (C=O) groups is 1. The van der Waals surface area contributed by atoms with Gasteiger partial charge < -0.3 is 10.5 Å². The van der Waals surface area contributed by atoms with Gasteiger partial charge in [0.25, 0.3) is 5.91 Å². The fourth-order valence-corrected chi connectivity index (χ4v) is 2.46. The Morgan fingerprint density at radius 2 is 2.37 bits per heavy atom. The number of primary amides is 1. The van der Waals surface area contributed by atoms with Crippen molar-refractivity contribution in [3.8, 4) is 5.75 Å². The van der Waals surface area contributed by atoms with Crippen LogP contribution in [0.15, 0.2) is 18.3 Å². The summed E-state index contributed by atoms with van der Waals surface area (Å²) in [6.45, 7) is 5.00. The molecule has 19 heavy (non-hydrogen) atoms. The molecule has 0 aromatic carbocycles. The van der Waals surface area contributed by atoms with E-state index in [1.165, 1.54) is 6.20 Å². The molecule has 0 spiro atoms. The Bertz CT molecular complexity index is 474. The number of pyridine rings is 1. The van der Waals surface area contributed by atoms with E-state index in [9.17, 15) is 4.79 Å². The van der Waals surface area contributed by atoms with Gasteiger partial charge in [-0.1, -0.05) is 0 Å². The zero-order valence-corrected chi connectivity index (χ0v) is 11.7. The molecule has 0 bridgehead atoms. The van der Waals surface area contributed by atoms with Crippen molar-refractivity contribution < 1.29 is 9.53 Å². The summed E-state index contributed by atoms with van der Waals surface area (Å²) in [7, 11) is 2.11. The van der Waals surface area contributed by atoms with Crippen LogP contribution in [0.2, 0.25) is 0 Å². The molecule has 2 N–H and O–H groups in total. The number of amides is 1. The highest BCUT2D eigenvalue weighted by Gasteiger charge is 2.36. The lowest BCUT2D eigenvalue weighted by Crippen LogP contribution is -2.42. The van der Waals surface area contributed by atoms with E-state index < -0.39 is 5.91 Å². The Labute approximate surface area is 113 Å². The normalized spacial score (nSPS) is 22.4. The Morgan fingerprint density at radius 1 is 1.63 bits per heavy atom. The summed E-state index contributed by atoms with van der Waals surface area (Å²) >= 11 is 0. The van der Waals surface area contributed by atoms with Gasteiger partial charge in [-0.05, 0) is 45.9 Å². The van der Waals surface area contributed by atoms with Crippen LogP contribution in [0.25, 0.3) is 0 Å². The number of hydrogen-bond donors (Lipinski definition) is 1. The number of likely N-dealkylation sites (tertiary alicyclic amines) is 1. The van der Waals surface area contributed by atoms with Crippen molar-refractivity contribution >= 4 is 5.91 Å². The number of rotatable bonds is 4. The predicted molar refractivity (Wildman–Crippen MR) is 73.1 cm³/mol. The molecule has 1 aromatic rings. The highest BCUT2D eigenvalue weighted by atomic mass is 16.5. The number of nitrogens with zero attached hydrogens (tertiary/aromatic N) is 2. The Kier molecular flexibility index (Phi) is 3.75. The molecule has 0 radical (unpaired) electrons. The van der Waals surface area contributed by atoms with Crippen LogP contribution >= 0.6 is 0 Å². The minimum Gasteiger partial charge on any atom is -0.489 e. The summed E-state index contributed by atoms with van der Waals surface area (Å²) in [6.07, 6.45) is 3.78. The number of ether oxygens (including phenoxy) is 1. The summed E-state index contributed by atoms with van der Waals surface area (Å²) in [4.78, 5) is 17.5. The lowest BCUT2D eigenvalue weighted by Gasteiger charge is -2.31. The molecule has 2 rings (SSSR count). The van der Waals surface area contributed by atoms with Gasteiger partial charge in [0.15, 0.2) is 11.4 Å². The molecule has 5 nitrogen and oxygen atoms in total. The summed E-state index contributed by atoms with van der Waals surface area (Å²) in [5, 5.41) is 0. The number of nitrogens with two attached hydrogens (primary N) is 1. The van der Waals surface area contributed by atoms with Crippen LogP contribution in [-0.4, -0.2) is 41.0 Å². The topological polar surface area (TPSA) is 68.4 Å². The number of aromatic nitrogens is 1. The van der Waals surface area contributed by atoms with Crippen LogP contribution in [0.5, 0.6) is 5.75 Å². The van der Waals surface area contributed by atoms with Gasteiger partial charge in [-0.15, -0.1) is 0 Å². The van der Waals surface area contributed by atoms with Gasteiger partial charge in [-0.25, -0.2) is 4.98 Å². The fourth-order valence-electron chi connectivity index (χ4n) is 2.46. The summed E-state index contributed by atoms with van der Waals surface area (Å²) in [6, 6.07) is 3.83. The predicted octanol–water partition coefficient (Wildman–Crippen LogP) is 1.43. The van der Waals surface area contributed by atoms with Gasteiger partial charge in [0, 0.05) is 17.8 Å². The molecule has 1 aliphatic rings. The molecule has 0 aliphatic carbocycles. The maximum Gasteiger partial charge on any atom is 0.271 e. The molecule has 1 saturated heterocycles. The van der Waals surface area contributed by atoms with Crippen molar-refractivity contribution in [3.63, 3.8) is 0 Å². The van der Waals surface area contributed by atoms with E-state index in [0.29, 0.717) is 18.4 Å². The lowest BCUT2D eigenvalue weighted by atomic mass is 10.0. The second-order valence-electron chi connectivity index (χ2n) is 5.64. The van der Waals surface area contributed by atoms with E-state index in [1.54, 1.807) is 12.1 Å². The van der Waals surface area contributed by atoms with E-state index in [2.05, 4.69) is 30.8 Å². The molecule has 1 amide bonds. The number of hydrogen-bond acceptors (Lipinski definition) is 4. The first-order chi connectivity index (χ1) is 8.92. The van der Waals surface area contributed by atoms with Gasteiger partial charge in [-0.3, -0.25) is 9.69 Å². The first-order valence-corrected chi connectivity index (χ1v) is 6.52. The average molecular weight is 263 g/mol. The average Bonchev–Trinajstić information content (AvgIpc) is 2.62. The highest BCUT2D eigenvalue weighted by molar-refractivity contribution is 5.93. The van der Waals surface area contributed by atoms with Gasteiger partial charge in [0.05, 0.1) is 0 Å². The molecular weight excluding hydrogens is 242 g/mol. The van der Waals surface area contributed by atoms with Gasteiger partial charge >= 0.3 is 0 Å². The van der Waals surface area contributed by atoms with Crippen molar-refractivity contribution in [2.24, 2.45) is 5.73 Å². The molecule has 1 fully saturated rings. The minimum atomic E-state index is -0.560. The molecule has 5 heteroatoms. The second-order valence-corrected chi connectivity index (χ2v) is 5.64.